The second kappa shape index (κ2) is 8.22. The molecular formula is C14H19Cl2N3O2. The third kappa shape index (κ3) is 4.88. The maximum absolute atomic E-state index is 12.0. The quantitative estimate of drug-likeness (QED) is 0.840. The van der Waals surface area contributed by atoms with E-state index in [9.17, 15) is 9.59 Å². The Morgan fingerprint density at radius 1 is 1.33 bits per heavy atom. The number of likely N-dealkylation sites (N-methyl/N-ethyl adjacent to an activating group) is 1. The fraction of sp³-hybridized carbons (Fsp3) is 0.429. The summed E-state index contributed by atoms with van der Waals surface area (Å²) in [5.74, 6) is -0.827. The normalized spacial score (nSPS) is 11.9. The first-order chi connectivity index (χ1) is 9.90. The van der Waals surface area contributed by atoms with Crippen molar-refractivity contribution in [1.29, 1.82) is 0 Å². The van der Waals surface area contributed by atoms with Gasteiger partial charge in [0.15, 0.2) is 0 Å². The van der Waals surface area contributed by atoms with Gasteiger partial charge in [-0.1, -0.05) is 36.2 Å². The zero-order valence-corrected chi connectivity index (χ0v) is 13.5. The SMILES string of the molecule is CCN(CC(=O)Nc1c(Cl)cccc1Cl)C(=O)C(C)CN. The van der Waals surface area contributed by atoms with Crippen LogP contribution in [0.15, 0.2) is 18.2 Å². The maximum atomic E-state index is 12.0. The van der Waals surface area contributed by atoms with E-state index in [0.717, 1.165) is 0 Å². The largest absolute Gasteiger partial charge is 0.333 e. The molecule has 0 fully saturated rings. The molecule has 0 aliphatic carbocycles. The van der Waals surface area contributed by atoms with Crippen molar-refractivity contribution in [3.63, 3.8) is 0 Å². The molecule has 5 nitrogen and oxygen atoms in total. The molecule has 1 atom stereocenters. The molecule has 0 aliphatic heterocycles. The van der Waals surface area contributed by atoms with Crippen molar-refractivity contribution in [3.05, 3.63) is 28.2 Å². The molecule has 0 spiro atoms. The molecular weight excluding hydrogens is 313 g/mol. The van der Waals surface area contributed by atoms with E-state index < -0.39 is 0 Å². The van der Waals surface area contributed by atoms with Gasteiger partial charge in [0.05, 0.1) is 22.3 Å². The summed E-state index contributed by atoms with van der Waals surface area (Å²) < 4.78 is 0. The van der Waals surface area contributed by atoms with Gasteiger partial charge < -0.3 is 16.0 Å². The Hall–Kier alpha value is -1.30. The number of anilines is 1. The van der Waals surface area contributed by atoms with Crippen LogP contribution >= 0.6 is 23.2 Å². The fourth-order valence-electron chi connectivity index (χ4n) is 1.73. The van der Waals surface area contributed by atoms with Gasteiger partial charge in [-0.3, -0.25) is 9.59 Å². The highest BCUT2D eigenvalue weighted by atomic mass is 35.5. The number of para-hydroxylation sites is 1. The molecule has 0 aromatic heterocycles. The highest BCUT2D eigenvalue weighted by molar-refractivity contribution is 6.39. The lowest BCUT2D eigenvalue weighted by Crippen LogP contribution is -2.42. The van der Waals surface area contributed by atoms with E-state index in [0.29, 0.717) is 22.3 Å². The first-order valence-electron chi connectivity index (χ1n) is 6.63. The minimum atomic E-state index is -0.357. The summed E-state index contributed by atoms with van der Waals surface area (Å²) in [6.07, 6.45) is 0. The molecule has 2 amide bonds. The van der Waals surface area contributed by atoms with Crippen molar-refractivity contribution < 1.29 is 9.59 Å². The van der Waals surface area contributed by atoms with Gasteiger partial charge in [-0.05, 0) is 19.1 Å². The van der Waals surface area contributed by atoms with E-state index in [2.05, 4.69) is 5.32 Å². The molecule has 1 unspecified atom stereocenters. The van der Waals surface area contributed by atoms with Gasteiger partial charge in [0.2, 0.25) is 11.8 Å². The topological polar surface area (TPSA) is 75.4 Å². The molecule has 21 heavy (non-hydrogen) atoms. The molecule has 1 rings (SSSR count). The number of halogens is 2. The average molecular weight is 332 g/mol. The predicted molar refractivity (Wildman–Crippen MR) is 85.6 cm³/mol. The van der Waals surface area contributed by atoms with Crippen LogP contribution in [0.5, 0.6) is 0 Å². The van der Waals surface area contributed by atoms with Gasteiger partial charge in [-0.2, -0.15) is 0 Å². The molecule has 3 N–H and O–H groups in total. The number of hydrogen-bond donors (Lipinski definition) is 2. The summed E-state index contributed by atoms with van der Waals surface area (Å²) >= 11 is 12.0. The summed E-state index contributed by atoms with van der Waals surface area (Å²) in [4.78, 5) is 25.5. The number of benzene rings is 1. The minimum absolute atomic E-state index is 0.0682. The van der Waals surface area contributed by atoms with Crippen LogP contribution in [-0.2, 0) is 9.59 Å². The first kappa shape index (κ1) is 17.8. The molecule has 0 bridgehead atoms. The molecule has 0 radical (unpaired) electrons. The van der Waals surface area contributed by atoms with Crippen molar-refractivity contribution in [2.75, 3.05) is 25.0 Å². The minimum Gasteiger partial charge on any atom is -0.333 e. The van der Waals surface area contributed by atoms with Gasteiger partial charge >= 0.3 is 0 Å². The highest BCUT2D eigenvalue weighted by Crippen LogP contribution is 2.29. The van der Waals surface area contributed by atoms with Crippen LogP contribution in [0.1, 0.15) is 13.8 Å². The number of nitrogens with one attached hydrogen (secondary N) is 1. The van der Waals surface area contributed by atoms with E-state index >= 15 is 0 Å². The summed E-state index contributed by atoms with van der Waals surface area (Å²) in [5, 5.41) is 3.32. The number of nitrogens with two attached hydrogens (primary N) is 1. The van der Waals surface area contributed by atoms with Crippen molar-refractivity contribution >= 4 is 40.7 Å². The summed E-state index contributed by atoms with van der Waals surface area (Å²) in [5.41, 5.74) is 5.82. The Morgan fingerprint density at radius 3 is 2.38 bits per heavy atom. The zero-order chi connectivity index (χ0) is 16.0. The summed E-state index contributed by atoms with van der Waals surface area (Å²) in [7, 11) is 0. The summed E-state index contributed by atoms with van der Waals surface area (Å²) in [6, 6.07) is 4.94. The molecule has 1 aromatic rings. The number of hydrogen-bond acceptors (Lipinski definition) is 3. The lowest BCUT2D eigenvalue weighted by atomic mass is 10.1. The summed E-state index contributed by atoms with van der Waals surface area (Å²) in [6.45, 7) is 4.13. The number of carbonyl (C=O) groups excluding carboxylic acids is 2. The number of rotatable bonds is 6. The lowest BCUT2D eigenvalue weighted by molar-refractivity contribution is -0.137. The Kier molecular flexibility index (Phi) is 6.95. The third-order valence-electron chi connectivity index (χ3n) is 3.03. The van der Waals surface area contributed by atoms with E-state index in [1.165, 1.54) is 4.90 Å². The zero-order valence-electron chi connectivity index (χ0n) is 12.0. The van der Waals surface area contributed by atoms with Crippen molar-refractivity contribution in [3.8, 4) is 0 Å². The molecule has 116 valence electrons. The fourth-order valence-corrected chi connectivity index (χ4v) is 2.22. The highest BCUT2D eigenvalue weighted by Gasteiger charge is 2.21. The molecule has 0 aliphatic rings. The van der Waals surface area contributed by atoms with Crippen LogP contribution in [0.4, 0.5) is 5.69 Å². The number of nitrogens with zero attached hydrogens (tertiary/aromatic N) is 1. The van der Waals surface area contributed by atoms with Crippen LogP contribution < -0.4 is 11.1 Å². The third-order valence-corrected chi connectivity index (χ3v) is 3.66. The van der Waals surface area contributed by atoms with Crippen LogP contribution in [0.3, 0.4) is 0 Å². The predicted octanol–water partition coefficient (Wildman–Crippen LogP) is 2.38. The van der Waals surface area contributed by atoms with Crippen LogP contribution in [0.25, 0.3) is 0 Å². The van der Waals surface area contributed by atoms with E-state index in [4.69, 9.17) is 28.9 Å². The number of amides is 2. The van der Waals surface area contributed by atoms with Gasteiger partial charge in [0, 0.05) is 19.0 Å². The van der Waals surface area contributed by atoms with Crippen molar-refractivity contribution in [1.82, 2.24) is 4.90 Å². The molecule has 0 heterocycles. The van der Waals surface area contributed by atoms with Crippen LogP contribution in [-0.4, -0.2) is 36.3 Å². The van der Waals surface area contributed by atoms with E-state index in [-0.39, 0.29) is 30.8 Å². The van der Waals surface area contributed by atoms with E-state index in [1.54, 1.807) is 32.0 Å². The van der Waals surface area contributed by atoms with Crippen LogP contribution in [0.2, 0.25) is 10.0 Å². The maximum Gasteiger partial charge on any atom is 0.244 e. The Balaban J connectivity index is 2.74. The molecule has 0 saturated carbocycles. The lowest BCUT2D eigenvalue weighted by Gasteiger charge is -2.23. The van der Waals surface area contributed by atoms with Crippen LogP contribution in [0, 0.1) is 5.92 Å². The monoisotopic (exact) mass is 331 g/mol. The molecule has 1 aromatic carbocycles. The Bertz CT molecular complexity index is 503. The van der Waals surface area contributed by atoms with Gasteiger partial charge in [0.1, 0.15) is 0 Å². The first-order valence-corrected chi connectivity index (χ1v) is 7.39. The van der Waals surface area contributed by atoms with Gasteiger partial charge in [-0.15, -0.1) is 0 Å². The van der Waals surface area contributed by atoms with E-state index in [1.807, 2.05) is 0 Å². The Morgan fingerprint density at radius 2 is 1.90 bits per heavy atom. The molecule has 7 heteroatoms. The van der Waals surface area contributed by atoms with Gasteiger partial charge in [0.25, 0.3) is 0 Å². The second-order valence-corrected chi connectivity index (χ2v) is 5.45. The second-order valence-electron chi connectivity index (χ2n) is 4.63. The average Bonchev–Trinajstić information content (AvgIpc) is 2.47. The standard InChI is InChI=1S/C14H19Cl2N3O2/c1-3-19(14(21)9(2)7-17)8-12(20)18-13-10(15)5-4-6-11(13)16/h4-6,9H,3,7-8,17H2,1-2H3,(H,18,20). The Labute approximate surface area is 134 Å². The van der Waals surface area contributed by atoms with Crippen molar-refractivity contribution in [2.24, 2.45) is 11.7 Å². The number of carbonyl (C=O) groups is 2. The smallest absolute Gasteiger partial charge is 0.244 e. The van der Waals surface area contributed by atoms with Crippen molar-refractivity contribution in [2.45, 2.75) is 13.8 Å². The molecule has 0 saturated heterocycles. The van der Waals surface area contributed by atoms with Gasteiger partial charge in [-0.25, -0.2) is 0 Å².